The molecule has 0 saturated carbocycles. The minimum absolute atomic E-state index is 0.612. The standard InChI is InChI=1S/C25H23N5O/c1-17-21(15-26-29-25-27-22-10-6-7-11-23(22)28-25)20-14-19(31-2)12-13-24(20)30(17)16-18-8-4-3-5-9-18/h3-15H,16H2,1-2H3,(H2,27,28,29)/b26-15-. The van der Waals surface area contributed by atoms with Crippen LogP contribution in [0.1, 0.15) is 16.8 Å². The molecule has 0 radical (unpaired) electrons. The summed E-state index contributed by atoms with van der Waals surface area (Å²) < 4.78 is 7.78. The molecule has 0 aliphatic carbocycles. The van der Waals surface area contributed by atoms with E-state index in [9.17, 15) is 0 Å². The summed E-state index contributed by atoms with van der Waals surface area (Å²) in [6.45, 7) is 2.91. The lowest BCUT2D eigenvalue weighted by Crippen LogP contribution is -2.02. The topological polar surface area (TPSA) is 67.2 Å². The number of H-pyrrole nitrogens is 1. The molecule has 5 rings (SSSR count). The molecule has 6 nitrogen and oxygen atoms in total. The normalized spacial score (nSPS) is 11.5. The third kappa shape index (κ3) is 3.64. The van der Waals surface area contributed by atoms with Crippen LogP contribution in [0.5, 0.6) is 5.75 Å². The second-order valence-corrected chi connectivity index (χ2v) is 7.43. The number of nitrogens with zero attached hydrogens (tertiary/aromatic N) is 3. The Balaban J connectivity index is 1.51. The highest BCUT2D eigenvalue weighted by Crippen LogP contribution is 2.29. The summed E-state index contributed by atoms with van der Waals surface area (Å²) in [6, 6.07) is 24.5. The van der Waals surface area contributed by atoms with Gasteiger partial charge in [0, 0.05) is 28.7 Å². The van der Waals surface area contributed by atoms with Gasteiger partial charge in [-0.25, -0.2) is 10.4 Å². The minimum atomic E-state index is 0.612. The number of aromatic amines is 1. The lowest BCUT2D eigenvalue weighted by atomic mass is 10.1. The van der Waals surface area contributed by atoms with Gasteiger partial charge in [0.1, 0.15) is 5.75 Å². The molecule has 0 saturated heterocycles. The Morgan fingerprint density at radius 1 is 1.06 bits per heavy atom. The highest BCUT2D eigenvalue weighted by molar-refractivity contribution is 6.02. The summed E-state index contributed by atoms with van der Waals surface area (Å²) in [5.74, 6) is 1.44. The molecular weight excluding hydrogens is 386 g/mol. The van der Waals surface area contributed by atoms with Crippen LogP contribution in [-0.4, -0.2) is 27.9 Å². The highest BCUT2D eigenvalue weighted by atomic mass is 16.5. The molecule has 31 heavy (non-hydrogen) atoms. The summed E-state index contributed by atoms with van der Waals surface area (Å²) in [5.41, 5.74) is 9.49. The molecule has 3 aromatic carbocycles. The summed E-state index contributed by atoms with van der Waals surface area (Å²) >= 11 is 0. The van der Waals surface area contributed by atoms with Crippen molar-refractivity contribution in [2.45, 2.75) is 13.5 Å². The van der Waals surface area contributed by atoms with E-state index in [1.54, 1.807) is 7.11 Å². The summed E-state index contributed by atoms with van der Waals surface area (Å²) in [4.78, 5) is 7.74. The largest absolute Gasteiger partial charge is 0.497 e. The number of aromatic nitrogens is 3. The molecule has 0 unspecified atom stereocenters. The molecule has 0 fully saturated rings. The maximum Gasteiger partial charge on any atom is 0.222 e. The smallest absolute Gasteiger partial charge is 0.222 e. The fourth-order valence-corrected chi connectivity index (χ4v) is 3.91. The van der Waals surface area contributed by atoms with E-state index in [1.807, 2.05) is 42.6 Å². The van der Waals surface area contributed by atoms with Crippen LogP contribution in [0.4, 0.5) is 5.95 Å². The number of ether oxygens (including phenoxy) is 1. The highest BCUT2D eigenvalue weighted by Gasteiger charge is 2.14. The SMILES string of the molecule is COc1ccc2c(c1)c(/C=N\Nc1nc3ccccc3[nH]1)c(C)n2Cc1ccccc1. The van der Waals surface area contributed by atoms with Gasteiger partial charge >= 0.3 is 0 Å². The van der Waals surface area contributed by atoms with E-state index in [4.69, 9.17) is 4.74 Å². The zero-order valence-electron chi connectivity index (χ0n) is 17.5. The summed E-state index contributed by atoms with van der Waals surface area (Å²) in [7, 11) is 1.69. The van der Waals surface area contributed by atoms with Crippen LogP contribution in [-0.2, 0) is 6.54 Å². The van der Waals surface area contributed by atoms with Crippen LogP contribution in [0.15, 0.2) is 77.9 Å². The van der Waals surface area contributed by atoms with E-state index in [2.05, 4.69) is 68.4 Å². The van der Waals surface area contributed by atoms with Crippen LogP contribution < -0.4 is 10.2 Å². The number of benzene rings is 3. The van der Waals surface area contributed by atoms with Crippen LogP contribution in [0, 0.1) is 6.92 Å². The van der Waals surface area contributed by atoms with Gasteiger partial charge in [0.2, 0.25) is 5.95 Å². The number of rotatable bonds is 6. The van der Waals surface area contributed by atoms with Crippen molar-refractivity contribution in [1.29, 1.82) is 0 Å². The number of hydrogen-bond donors (Lipinski definition) is 2. The molecule has 0 atom stereocenters. The number of methoxy groups -OCH3 is 1. The van der Waals surface area contributed by atoms with Crippen LogP contribution in [0.2, 0.25) is 0 Å². The number of hydrazone groups is 1. The first-order chi connectivity index (χ1) is 15.2. The molecule has 2 N–H and O–H groups in total. The number of fused-ring (bicyclic) bond motifs is 2. The molecule has 5 aromatic rings. The van der Waals surface area contributed by atoms with E-state index >= 15 is 0 Å². The van der Waals surface area contributed by atoms with Crippen molar-refractivity contribution in [3.8, 4) is 5.75 Å². The molecule has 0 spiro atoms. The zero-order valence-corrected chi connectivity index (χ0v) is 17.5. The fourth-order valence-electron chi connectivity index (χ4n) is 3.91. The first kappa shape index (κ1) is 18.9. The van der Waals surface area contributed by atoms with Crippen LogP contribution in [0.3, 0.4) is 0 Å². The van der Waals surface area contributed by atoms with Gasteiger partial charge < -0.3 is 14.3 Å². The molecule has 2 aromatic heterocycles. The Labute approximate surface area is 180 Å². The molecular formula is C25H23N5O. The number of imidazole rings is 1. The predicted molar refractivity (Wildman–Crippen MR) is 126 cm³/mol. The third-order valence-electron chi connectivity index (χ3n) is 5.52. The Kier molecular flexibility index (Phi) is 4.88. The Hall–Kier alpha value is -4.06. The van der Waals surface area contributed by atoms with Gasteiger partial charge in [-0.15, -0.1) is 0 Å². The Morgan fingerprint density at radius 2 is 1.87 bits per heavy atom. The molecule has 154 valence electrons. The zero-order chi connectivity index (χ0) is 21.2. The molecule has 0 amide bonds. The van der Waals surface area contributed by atoms with Crippen LogP contribution >= 0.6 is 0 Å². The Bertz CT molecular complexity index is 1350. The first-order valence-electron chi connectivity index (χ1n) is 10.2. The molecule has 0 aliphatic rings. The van der Waals surface area contributed by atoms with Crippen molar-refractivity contribution in [3.63, 3.8) is 0 Å². The van der Waals surface area contributed by atoms with E-state index in [0.717, 1.165) is 45.5 Å². The maximum atomic E-state index is 5.47. The van der Waals surface area contributed by atoms with E-state index in [0.29, 0.717) is 5.95 Å². The van der Waals surface area contributed by atoms with Gasteiger partial charge in [-0.1, -0.05) is 42.5 Å². The second-order valence-electron chi connectivity index (χ2n) is 7.43. The van der Waals surface area contributed by atoms with Gasteiger partial charge in [0.15, 0.2) is 0 Å². The van der Waals surface area contributed by atoms with Crippen LogP contribution in [0.25, 0.3) is 21.9 Å². The first-order valence-corrected chi connectivity index (χ1v) is 10.2. The van der Waals surface area contributed by atoms with Crippen molar-refractivity contribution in [2.75, 3.05) is 12.5 Å². The van der Waals surface area contributed by atoms with Crippen molar-refractivity contribution >= 4 is 34.1 Å². The second kappa shape index (κ2) is 7.99. The molecule has 2 heterocycles. The van der Waals surface area contributed by atoms with Crippen molar-refractivity contribution < 1.29 is 4.74 Å². The monoisotopic (exact) mass is 409 g/mol. The average Bonchev–Trinajstić information content (AvgIpc) is 3.33. The van der Waals surface area contributed by atoms with Gasteiger partial charge in [-0.05, 0) is 42.8 Å². The number of hydrogen-bond acceptors (Lipinski definition) is 4. The molecule has 0 aliphatic heterocycles. The van der Waals surface area contributed by atoms with E-state index < -0.39 is 0 Å². The lowest BCUT2D eigenvalue weighted by molar-refractivity contribution is 0.415. The van der Waals surface area contributed by atoms with Gasteiger partial charge in [-0.3, -0.25) is 0 Å². The maximum absolute atomic E-state index is 5.47. The summed E-state index contributed by atoms with van der Waals surface area (Å²) in [5, 5.41) is 5.57. The number of para-hydroxylation sites is 2. The number of anilines is 1. The van der Waals surface area contributed by atoms with Crippen molar-refractivity contribution in [2.24, 2.45) is 5.10 Å². The fraction of sp³-hybridized carbons (Fsp3) is 0.120. The van der Waals surface area contributed by atoms with Crippen molar-refractivity contribution in [1.82, 2.24) is 14.5 Å². The van der Waals surface area contributed by atoms with Crippen molar-refractivity contribution in [3.05, 3.63) is 89.6 Å². The van der Waals surface area contributed by atoms with E-state index in [-0.39, 0.29) is 0 Å². The van der Waals surface area contributed by atoms with Gasteiger partial charge in [-0.2, -0.15) is 5.10 Å². The average molecular weight is 409 g/mol. The van der Waals surface area contributed by atoms with Gasteiger partial charge in [0.05, 0.1) is 24.4 Å². The minimum Gasteiger partial charge on any atom is -0.497 e. The molecule has 6 heteroatoms. The predicted octanol–water partition coefficient (Wildman–Crippen LogP) is 5.33. The van der Waals surface area contributed by atoms with E-state index in [1.165, 1.54) is 5.56 Å². The lowest BCUT2D eigenvalue weighted by Gasteiger charge is -2.09. The number of nitrogens with one attached hydrogen (secondary N) is 2. The quantitative estimate of drug-likeness (QED) is 0.294. The van der Waals surface area contributed by atoms with Gasteiger partial charge in [0.25, 0.3) is 0 Å². The molecule has 0 bridgehead atoms. The summed E-state index contributed by atoms with van der Waals surface area (Å²) in [6.07, 6.45) is 1.85. The third-order valence-corrected chi connectivity index (χ3v) is 5.52. The Morgan fingerprint density at radius 3 is 2.68 bits per heavy atom.